The van der Waals surface area contributed by atoms with E-state index in [1.807, 2.05) is 0 Å². The summed E-state index contributed by atoms with van der Waals surface area (Å²) in [6.07, 6.45) is 1.99. The van der Waals surface area contributed by atoms with E-state index in [1.165, 1.54) is 16.7 Å². The molecule has 1 nitrogen and oxygen atoms in total. The molecule has 0 amide bonds. The number of rotatable bonds is 3. The van der Waals surface area contributed by atoms with Gasteiger partial charge in [0.2, 0.25) is 0 Å². The van der Waals surface area contributed by atoms with Gasteiger partial charge in [-0.2, -0.15) is 0 Å². The topological polar surface area (TPSA) is 26.0 Å². The summed E-state index contributed by atoms with van der Waals surface area (Å²) in [5.41, 5.74) is 10.2. The monoisotopic (exact) mass is 191 g/mol. The van der Waals surface area contributed by atoms with Crippen molar-refractivity contribution in [1.82, 2.24) is 0 Å². The van der Waals surface area contributed by atoms with Crippen LogP contribution in [0.5, 0.6) is 0 Å². The maximum atomic E-state index is 6.19. The molecule has 0 aromatic heterocycles. The van der Waals surface area contributed by atoms with Gasteiger partial charge < -0.3 is 5.73 Å². The molecule has 2 N–H and O–H groups in total. The second-order valence-electron chi connectivity index (χ2n) is 4.55. The first-order chi connectivity index (χ1) is 6.46. The Morgan fingerprint density at radius 3 is 2.14 bits per heavy atom. The molecule has 0 heterocycles. The van der Waals surface area contributed by atoms with Crippen molar-refractivity contribution >= 4 is 0 Å². The van der Waals surface area contributed by atoms with Crippen molar-refractivity contribution < 1.29 is 0 Å². The standard InChI is InChI=1S/C13H21N/c1-5-13(4,14)9-12-10(2)7-6-8-11(12)3/h6-8H,5,9,14H2,1-4H3. The van der Waals surface area contributed by atoms with Gasteiger partial charge in [-0.3, -0.25) is 0 Å². The first-order valence-electron chi connectivity index (χ1n) is 5.30. The molecule has 1 rings (SSSR count). The Hall–Kier alpha value is -0.820. The number of hydrogen-bond donors (Lipinski definition) is 1. The Bertz CT molecular complexity index is 293. The average Bonchev–Trinajstić information content (AvgIpc) is 2.12. The zero-order valence-electron chi connectivity index (χ0n) is 9.72. The summed E-state index contributed by atoms with van der Waals surface area (Å²) < 4.78 is 0. The largest absolute Gasteiger partial charge is 0.325 e. The maximum absolute atomic E-state index is 6.19. The van der Waals surface area contributed by atoms with E-state index >= 15 is 0 Å². The summed E-state index contributed by atoms with van der Waals surface area (Å²) in [4.78, 5) is 0. The van der Waals surface area contributed by atoms with Crippen molar-refractivity contribution in [1.29, 1.82) is 0 Å². The van der Waals surface area contributed by atoms with Crippen LogP contribution in [0.15, 0.2) is 18.2 Å². The second-order valence-corrected chi connectivity index (χ2v) is 4.55. The fourth-order valence-corrected chi connectivity index (χ4v) is 1.66. The van der Waals surface area contributed by atoms with E-state index in [2.05, 4.69) is 45.9 Å². The van der Waals surface area contributed by atoms with Crippen LogP contribution in [0.3, 0.4) is 0 Å². The zero-order chi connectivity index (χ0) is 10.8. The van der Waals surface area contributed by atoms with Gasteiger partial charge in [-0.1, -0.05) is 25.1 Å². The van der Waals surface area contributed by atoms with E-state index in [0.717, 1.165) is 12.8 Å². The Kier molecular flexibility index (Phi) is 3.33. The first-order valence-corrected chi connectivity index (χ1v) is 5.30. The predicted molar refractivity (Wildman–Crippen MR) is 62.5 cm³/mol. The molecule has 1 heteroatoms. The first kappa shape index (κ1) is 11.3. The molecule has 0 aliphatic carbocycles. The fourth-order valence-electron chi connectivity index (χ4n) is 1.66. The molecule has 0 aliphatic heterocycles. The minimum atomic E-state index is -0.0725. The lowest BCUT2D eigenvalue weighted by Crippen LogP contribution is -2.38. The van der Waals surface area contributed by atoms with Crippen LogP contribution in [0, 0.1) is 13.8 Å². The van der Waals surface area contributed by atoms with Crippen LogP contribution in [-0.2, 0) is 6.42 Å². The van der Waals surface area contributed by atoms with Gasteiger partial charge in [-0.15, -0.1) is 0 Å². The van der Waals surface area contributed by atoms with Crippen LogP contribution >= 0.6 is 0 Å². The molecule has 78 valence electrons. The summed E-state index contributed by atoms with van der Waals surface area (Å²) in [6.45, 7) is 8.59. The Morgan fingerprint density at radius 2 is 1.71 bits per heavy atom. The summed E-state index contributed by atoms with van der Waals surface area (Å²) in [6, 6.07) is 6.43. The molecule has 0 saturated heterocycles. The van der Waals surface area contributed by atoms with Gasteiger partial charge in [0.25, 0.3) is 0 Å². The third kappa shape index (κ3) is 2.58. The van der Waals surface area contributed by atoms with Gasteiger partial charge in [0.15, 0.2) is 0 Å². The third-order valence-corrected chi connectivity index (χ3v) is 3.03. The van der Waals surface area contributed by atoms with Gasteiger partial charge in [0, 0.05) is 5.54 Å². The zero-order valence-corrected chi connectivity index (χ0v) is 9.72. The Labute approximate surface area is 87.3 Å². The average molecular weight is 191 g/mol. The van der Waals surface area contributed by atoms with Crippen LogP contribution in [-0.4, -0.2) is 5.54 Å². The van der Waals surface area contributed by atoms with Crippen LogP contribution in [0.2, 0.25) is 0 Å². The normalized spacial score (nSPS) is 15.2. The predicted octanol–water partition coefficient (Wildman–Crippen LogP) is 2.97. The number of hydrogen-bond acceptors (Lipinski definition) is 1. The summed E-state index contributed by atoms with van der Waals surface area (Å²) in [5.74, 6) is 0. The van der Waals surface area contributed by atoms with E-state index < -0.39 is 0 Å². The molecule has 14 heavy (non-hydrogen) atoms. The van der Waals surface area contributed by atoms with Gasteiger partial charge in [0.1, 0.15) is 0 Å². The van der Waals surface area contributed by atoms with Crippen LogP contribution in [0.1, 0.15) is 37.0 Å². The van der Waals surface area contributed by atoms with Crippen LogP contribution in [0.4, 0.5) is 0 Å². The lowest BCUT2D eigenvalue weighted by molar-refractivity contribution is 0.448. The summed E-state index contributed by atoms with van der Waals surface area (Å²) in [7, 11) is 0. The summed E-state index contributed by atoms with van der Waals surface area (Å²) >= 11 is 0. The number of benzene rings is 1. The molecular formula is C13H21N. The molecule has 0 radical (unpaired) electrons. The molecular weight excluding hydrogens is 170 g/mol. The van der Waals surface area contributed by atoms with E-state index in [9.17, 15) is 0 Å². The lowest BCUT2D eigenvalue weighted by atomic mass is 9.87. The highest BCUT2D eigenvalue weighted by Crippen LogP contribution is 2.20. The number of nitrogens with two attached hydrogens (primary N) is 1. The van der Waals surface area contributed by atoms with E-state index in [1.54, 1.807) is 0 Å². The van der Waals surface area contributed by atoms with Crippen molar-refractivity contribution in [3.8, 4) is 0 Å². The van der Waals surface area contributed by atoms with E-state index in [4.69, 9.17) is 5.73 Å². The quantitative estimate of drug-likeness (QED) is 0.781. The molecule has 0 bridgehead atoms. The molecule has 1 aromatic rings. The van der Waals surface area contributed by atoms with Crippen molar-refractivity contribution in [3.63, 3.8) is 0 Å². The van der Waals surface area contributed by atoms with Crippen LogP contribution < -0.4 is 5.73 Å². The van der Waals surface area contributed by atoms with Crippen molar-refractivity contribution in [2.75, 3.05) is 0 Å². The smallest absolute Gasteiger partial charge is 0.0164 e. The van der Waals surface area contributed by atoms with Crippen molar-refractivity contribution in [3.05, 3.63) is 34.9 Å². The van der Waals surface area contributed by atoms with Gasteiger partial charge >= 0.3 is 0 Å². The number of aryl methyl sites for hydroxylation is 2. The van der Waals surface area contributed by atoms with E-state index in [0.29, 0.717) is 0 Å². The minimum absolute atomic E-state index is 0.0725. The molecule has 0 aliphatic rings. The van der Waals surface area contributed by atoms with Gasteiger partial charge in [0.05, 0.1) is 0 Å². The van der Waals surface area contributed by atoms with Crippen molar-refractivity contribution in [2.24, 2.45) is 5.73 Å². The molecule has 0 spiro atoms. The molecule has 1 atom stereocenters. The lowest BCUT2D eigenvalue weighted by Gasteiger charge is -2.24. The fraction of sp³-hybridized carbons (Fsp3) is 0.538. The Balaban J connectivity index is 2.97. The van der Waals surface area contributed by atoms with Gasteiger partial charge in [-0.25, -0.2) is 0 Å². The second kappa shape index (κ2) is 4.14. The van der Waals surface area contributed by atoms with Gasteiger partial charge in [-0.05, 0) is 50.3 Å². The maximum Gasteiger partial charge on any atom is 0.0164 e. The van der Waals surface area contributed by atoms with Crippen molar-refractivity contribution in [2.45, 2.75) is 46.1 Å². The van der Waals surface area contributed by atoms with E-state index in [-0.39, 0.29) is 5.54 Å². The SMILES string of the molecule is CCC(C)(N)Cc1c(C)cccc1C. The highest BCUT2D eigenvalue weighted by Gasteiger charge is 2.18. The Morgan fingerprint density at radius 1 is 1.21 bits per heavy atom. The summed E-state index contributed by atoms with van der Waals surface area (Å²) in [5, 5.41) is 0. The highest BCUT2D eigenvalue weighted by atomic mass is 14.7. The molecule has 1 aromatic carbocycles. The van der Waals surface area contributed by atoms with Crippen LogP contribution in [0.25, 0.3) is 0 Å². The molecule has 0 saturated carbocycles. The molecule has 1 unspecified atom stereocenters. The minimum Gasteiger partial charge on any atom is -0.325 e. The third-order valence-electron chi connectivity index (χ3n) is 3.03. The highest BCUT2D eigenvalue weighted by molar-refractivity contribution is 5.34. The molecule has 0 fully saturated rings.